The Labute approximate surface area is 321 Å². The van der Waals surface area contributed by atoms with Crippen LogP contribution in [0.25, 0.3) is 0 Å². The Morgan fingerprint density at radius 2 is 1.26 bits per heavy atom. The lowest BCUT2D eigenvalue weighted by Gasteiger charge is -2.54. The van der Waals surface area contributed by atoms with Crippen LogP contribution in [0.3, 0.4) is 0 Å². The lowest BCUT2D eigenvalue weighted by molar-refractivity contribution is -0.140. The monoisotopic (exact) mass is 737 g/mol. The average molecular weight is 738 g/mol. The zero-order valence-corrected chi connectivity index (χ0v) is 32.9. The van der Waals surface area contributed by atoms with Gasteiger partial charge in [0.05, 0.1) is 36.4 Å². The van der Waals surface area contributed by atoms with Gasteiger partial charge in [-0.15, -0.1) is 0 Å². The van der Waals surface area contributed by atoms with E-state index in [1.807, 2.05) is 32.0 Å². The normalized spacial score (nSPS) is 20.7. The van der Waals surface area contributed by atoms with Crippen molar-refractivity contribution in [3.63, 3.8) is 0 Å². The molecule has 2 atom stereocenters. The Bertz CT molecular complexity index is 1780. The van der Waals surface area contributed by atoms with Gasteiger partial charge < -0.3 is 19.3 Å². The van der Waals surface area contributed by atoms with Crippen LogP contribution in [-0.4, -0.2) is 78.7 Å². The van der Waals surface area contributed by atoms with Gasteiger partial charge in [0.2, 0.25) is 0 Å². The van der Waals surface area contributed by atoms with Gasteiger partial charge in [-0.25, -0.2) is 9.59 Å². The SMILES string of the molecule is CCC(C)(N1CCC(c2ccccc2)CC1)N1C(C)=C(C(=O)OC)C(c2ccccc2Cl)C(C(=O)OCCCN2CCC(c3ccccc3)CC2)=C1C. The second kappa shape index (κ2) is 17.5. The van der Waals surface area contributed by atoms with E-state index < -0.39 is 23.5 Å². The van der Waals surface area contributed by atoms with E-state index in [9.17, 15) is 9.59 Å². The first-order valence-corrected chi connectivity index (χ1v) is 19.8. The molecule has 0 spiro atoms. The maximum atomic E-state index is 14.5. The van der Waals surface area contributed by atoms with Crippen LogP contribution in [0.1, 0.15) is 101 Å². The van der Waals surface area contributed by atoms with Gasteiger partial charge in [0.25, 0.3) is 0 Å². The molecule has 53 heavy (non-hydrogen) atoms. The lowest BCUT2D eigenvalue weighted by atomic mass is 9.78. The Hall–Kier alpha value is -3.91. The predicted molar refractivity (Wildman–Crippen MR) is 213 cm³/mol. The van der Waals surface area contributed by atoms with Crippen LogP contribution >= 0.6 is 11.6 Å². The van der Waals surface area contributed by atoms with Crippen LogP contribution in [-0.2, 0) is 19.1 Å². The molecule has 0 saturated carbocycles. The minimum absolute atomic E-state index is 0.289. The number of nitrogens with zero attached hydrogens (tertiary/aromatic N) is 3. The number of likely N-dealkylation sites (tertiary alicyclic amines) is 2. The topological polar surface area (TPSA) is 62.3 Å². The zero-order valence-electron chi connectivity index (χ0n) is 32.2. The van der Waals surface area contributed by atoms with Crippen molar-refractivity contribution in [1.82, 2.24) is 14.7 Å². The molecule has 8 heteroatoms. The van der Waals surface area contributed by atoms with Crippen LogP contribution in [0.15, 0.2) is 107 Å². The highest BCUT2D eigenvalue weighted by Crippen LogP contribution is 2.48. The molecule has 7 nitrogen and oxygen atoms in total. The van der Waals surface area contributed by atoms with Crippen molar-refractivity contribution in [1.29, 1.82) is 0 Å². The summed E-state index contributed by atoms with van der Waals surface area (Å²) in [5.74, 6) is -0.535. The first-order chi connectivity index (χ1) is 25.7. The van der Waals surface area contributed by atoms with Gasteiger partial charge >= 0.3 is 11.9 Å². The van der Waals surface area contributed by atoms with Crippen molar-refractivity contribution in [3.8, 4) is 0 Å². The van der Waals surface area contributed by atoms with Crippen molar-refractivity contribution in [2.24, 2.45) is 0 Å². The molecule has 282 valence electrons. The van der Waals surface area contributed by atoms with Crippen molar-refractivity contribution in [2.45, 2.75) is 89.6 Å². The molecular formula is C45H56ClN3O4. The fourth-order valence-electron chi connectivity index (χ4n) is 9.13. The van der Waals surface area contributed by atoms with Gasteiger partial charge in [-0.05, 0) is 107 Å². The number of hydrogen-bond donors (Lipinski definition) is 0. The molecule has 0 bridgehead atoms. The molecule has 3 heterocycles. The molecule has 3 aromatic rings. The largest absolute Gasteiger partial charge is 0.466 e. The molecule has 2 saturated heterocycles. The van der Waals surface area contributed by atoms with E-state index in [0.717, 1.165) is 82.6 Å². The van der Waals surface area contributed by atoms with Gasteiger partial charge in [-0.2, -0.15) is 0 Å². The summed E-state index contributed by atoms with van der Waals surface area (Å²) < 4.78 is 11.6. The third kappa shape index (κ3) is 8.28. The maximum Gasteiger partial charge on any atom is 0.336 e. The van der Waals surface area contributed by atoms with E-state index in [0.29, 0.717) is 33.6 Å². The van der Waals surface area contributed by atoms with E-state index in [1.165, 1.54) is 18.2 Å². The summed E-state index contributed by atoms with van der Waals surface area (Å²) >= 11 is 6.86. The Morgan fingerprint density at radius 3 is 1.79 bits per heavy atom. The summed E-state index contributed by atoms with van der Waals surface area (Å²) in [6.45, 7) is 13.4. The van der Waals surface area contributed by atoms with Crippen LogP contribution in [0, 0.1) is 0 Å². The molecule has 0 radical (unpaired) electrons. The molecule has 0 amide bonds. The average Bonchev–Trinajstić information content (AvgIpc) is 3.20. The first-order valence-electron chi connectivity index (χ1n) is 19.5. The number of carbonyl (C=O) groups is 2. The molecular weight excluding hydrogens is 682 g/mol. The fraction of sp³-hybridized carbons (Fsp3) is 0.467. The Morgan fingerprint density at radius 1 is 0.755 bits per heavy atom. The van der Waals surface area contributed by atoms with E-state index in [-0.39, 0.29) is 6.61 Å². The number of piperidine rings is 2. The fourth-order valence-corrected chi connectivity index (χ4v) is 9.37. The van der Waals surface area contributed by atoms with Gasteiger partial charge in [0.15, 0.2) is 0 Å². The number of esters is 2. The predicted octanol–water partition coefficient (Wildman–Crippen LogP) is 9.28. The van der Waals surface area contributed by atoms with Gasteiger partial charge in [-0.3, -0.25) is 4.90 Å². The van der Waals surface area contributed by atoms with Crippen molar-refractivity contribution >= 4 is 23.5 Å². The van der Waals surface area contributed by atoms with Crippen LogP contribution < -0.4 is 0 Å². The summed E-state index contributed by atoms with van der Waals surface area (Å²) in [6.07, 6.45) is 5.83. The highest BCUT2D eigenvalue weighted by atomic mass is 35.5. The van der Waals surface area contributed by atoms with Crippen LogP contribution in [0.2, 0.25) is 5.02 Å². The Kier molecular flexibility index (Phi) is 12.8. The van der Waals surface area contributed by atoms with Crippen molar-refractivity contribution < 1.29 is 19.1 Å². The number of hydrogen-bond acceptors (Lipinski definition) is 7. The summed E-state index contributed by atoms with van der Waals surface area (Å²) in [5.41, 5.74) is 5.37. The molecule has 2 fully saturated rings. The van der Waals surface area contributed by atoms with E-state index in [2.05, 4.69) is 89.2 Å². The molecule has 0 aromatic heterocycles. The highest BCUT2D eigenvalue weighted by molar-refractivity contribution is 6.31. The zero-order chi connectivity index (χ0) is 37.5. The van der Waals surface area contributed by atoms with Crippen molar-refractivity contribution in [2.75, 3.05) is 46.4 Å². The number of rotatable bonds is 12. The number of ether oxygens (including phenoxy) is 2. The highest BCUT2D eigenvalue weighted by Gasteiger charge is 2.48. The summed E-state index contributed by atoms with van der Waals surface area (Å²) in [7, 11) is 1.40. The molecule has 2 unspecified atom stereocenters. The first kappa shape index (κ1) is 38.8. The number of halogens is 1. The summed E-state index contributed by atoms with van der Waals surface area (Å²) in [4.78, 5) is 35.6. The molecule has 0 aliphatic carbocycles. The third-order valence-corrected chi connectivity index (χ3v) is 12.5. The quantitative estimate of drug-likeness (QED) is 0.136. The second-order valence-electron chi connectivity index (χ2n) is 15.0. The minimum atomic E-state index is -0.734. The smallest absolute Gasteiger partial charge is 0.336 e. The van der Waals surface area contributed by atoms with Crippen LogP contribution in [0.5, 0.6) is 0 Å². The standard InChI is InChI=1S/C45H56ClN3O4/c1-6-45(4,48-29-24-37(25-30-48)35-18-11-8-12-19-35)49-32(2)40(43(50)52-5)42(38-20-13-14-21-39(38)46)41(33(49)3)44(51)53-31-15-26-47-27-22-36(23-28-47)34-16-9-7-10-17-34/h7-14,16-21,36-37,42H,6,15,22-31H2,1-5H3. The Balaban J connectivity index is 1.25. The number of benzene rings is 3. The van der Waals surface area contributed by atoms with Crippen LogP contribution in [0.4, 0.5) is 0 Å². The number of carbonyl (C=O) groups excluding carboxylic acids is 2. The number of allylic oxidation sites excluding steroid dienone is 2. The van der Waals surface area contributed by atoms with Gasteiger partial charge in [-0.1, -0.05) is 97.4 Å². The molecule has 0 N–H and O–H groups in total. The van der Waals surface area contributed by atoms with Gasteiger partial charge in [0, 0.05) is 36.1 Å². The summed E-state index contributed by atoms with van der Waals surface area (Å²) in [6, 6.07) is 29.0. The lowest BCUT2D eigenvalue weighted by Crippen LogP contribution is -2.60. The molecule has 3 aliphatic rings. The second-order valence-corrected chi connectivity index (χ2v) is 15.4. The minimum Gasteiger partial charge on any atom is -0.466 e. The van der Waals surface area contributed by atoms with E-state index >= 15 is 0 Å². The van der Waals surface area contributed by atoms with Crippen molar-refractivity contribution in [3.05, 3.63) is 129 Å². The maximum absolute atomic E-state index is 14.5. The third-order valence-electron chi connectivity index (χ3n) is 12.2. The van der Waals surface area contributed by atoms with Gasteiger partial charge in [0.1, 0.15) is 0 Å². The number of methoxy groups -OCH3 is 1. The van der Waals surface area contributed by atoms with E-state index in [4.69, 9.17) is 21.1 Å². The summed E-state index contributed by atoms with van der Waals surface area (Å²) in [5, 5.41) is 0.485. The molecule has 6 rings (SSSR count). The van der Waals surface area contributed by atoms with E-state index in [1.54, 1.807) is 6.07 Å². The molecule has 3 aromatic carbocycles. The molecule has 3 aliphatic heterocycles.